The predicted octanol–water partition coefficient (Wildman–Crippen LogP) is 1.51. The van der Waals surface area contributed by atoms with Crippen LogP contribution in [0.4, 0.5) is 4.79 Å². The van der Waals surface area contributed by atoms with Gasteiger partial charge < -0.3 is 16.6 Å². The fourth-order valence-electron chi connectivity index (χ4n) is 0.723. The van der Waals surface area contributed by atoms with E-state index in [0.29, 0.717) is 12.4 Å². The summed E-state index contributed by atoms with van der Waals surface area (Å²) in [4.78, 5) is 11.8. The van der Waals surface area contributed by atoms with Crippen molar-refractivity contribution < 1.29 is 63.3 Å². The van der Waals surface area contributed by atoms with Gasteiger partial charge in [-0.2, -0.15) is 0 Å². The van der Waals surface area contributed by atoms with E-state index in [-0.39, 0.29) is 53.8 Å². The number of amides is 1. The summed E-state index contributed by atoms with van der Waals surface area (Å²) in [5.74, 6) is -0.304. The van der Waals surface area contributed by atoms with Gasteiger partial charge in [-0.1, -0.05) is 19.0 Å². The third-order valence-electron chi connectivity index (χ3n) is 1.78. The van der Waals surface area contributed by atoms with E-state index in [0.717, 1.165) is 4.90 Å². The Morgan fingerprint density at radius 1 is 1.67 bits per heavy atom. The van der Waals surface area contributed by atoms with E-state index >= 15 is 0 Å². The van der Waals surface area contributed by atoms with E-state index in [1.54, 1.807) is 6.92 Å². The van der Waals surface area contributed by atoms with Gasteiger partial charge in [0.05, 0.1) is 12.4 Å². The molecule has 6 heteroatoms. The molecule has 3 radical (unpaired) electrons. The van der Waals surface area contributed by atoms with Gasteiger partial charge in [0, 0.05) is 32.7 Å². The number of hydrogen-bond donors (Lipinski definition) is 0. The summed E-state index contributed by atoms with van der Waals surface area (Å²) in [6.07, 6.45) is 0. The van der Waals surface area contributed by atoms with E-state index < -0.39 is 11.3 Å². The molecule has 0 saturated carbocycles. The Balaban J connectivity index is -0.000000720. The second-order valence-electron chi connectivity index (χ2n) is 2.90. The zero-order valence-electron chi connectivity index (χ0n) is 9.16. The molecule has 0 aliphatic rings. The van der Waals surface area contributed by atoms with Gasteiger partial charge in [0.2, 0.25) is 0 Å². The van der Waals surface area contributed by atoms with Gasteiger partial charge in [0.1, 0.15) is 5.81 Å². The molecule has 0 aromatic carbocycles. The van der Waals surface area contributed by atoms with Gasteiger partial charge in [-0.05, 0) is 6.92 Å². The molecule has 1 unspecified atom stereocenters. The van der Waals surface area contributed by atoms with Crippen molar-refractivity contribution in [2.24, 2.45) is 0 Å². The standard InChI is InChI=1S/C9H14BNO2.W.Y/c1-6-13-7(2)9(3,4)11(5)8(10)12;;/h2-3,5-6H2,1,4H3;;/q-2;+2;. The van der Waals surface area contributed by atoms with Crippen LogP contribution in [0.3, 0.4) is 0 Å². The Bertz CT molecular complexity index is 224. The van der Waals surface area contributed by atoms with Gasteiger partial charge in [0.25, 0.3) is 0 Å². The van der Waals surface area contributed by atoms with Crippen molar-refractivity contribution >= 4 is 13.7 Å². The van der Waals surface area contributed by atoms with Gasteiger partial charge in [-0.3, -0.25) is 11.8 Å². The van der Waals surface area contributed by atoms with Crippen molar-refractivity contribution in [2.75, 3.05) is 6.61 Å². The fourth-order valence-corrected chi connectivity index (χ4v) is 0.723. The van der Waals surface area contributed by atoms with Crippen LogP contribution in [0, 0.1) is 14.0 Å². The summed E-state index contributed by atoms with van der Waals surface area (Å²) in [7, 11) is 8.51. The molecule has 0 aliphatic carbocycles. The molecule has 0 aliphatic heterocycles. The molecule has 0 rings (SSSR count). The molecule has 0 saturated heterocycles. The summed E-state index contributed by atoms with van der Waals surface area (Å²) < 4.78 is 5.13. The van der Waals surface area contributed by atoms with Crippen molar-refractivity contribution in [3.8, 4) is 0 Å². The molecule has 0 N–H and O–H groups in total. The van der Waals surface area contributed by atoms with E-state index in [1.807, 2.05) is 6.92 Å². The van der Waals surface area contributed by atoms with Gasteiger partial charge in [-0.25, -0.2) is 0 Å². The van der Waals surface area contributed by atoms with Crippen molar-refractivity contribution in [3.63, 3.8) is 0 Å². The van der Waals surface area contributed by atoms with Crippen LogP contribution >= 0.6 is 0 Å². The maximum atomic E-state index is 10.8. The van der Waals surface area contributed by atoms with Crippen LogP contribution in [0.2, 0.25) is 0 Å². The van der Waals surface area contributed by atoms with Crippen LogP contribution in [0.15, 0.2) is 12.3 Å². The Morgan fingerprint density at radius 2 is 2.07 bits per heavy atom. The van der Waals surface area contributed by atoms with Crippen molar-refractivity contribution in [1.29, 1.82) is 0 Å². The Kier molecular flexibility index (Phi) is 12.6. The molecule has 79 valence electrons. The van der Waals surface area contributed by atoms with Crippen molar-refractivity contribution in [3.05, 3.63) is 26.3 Å². The molecular formula is C9H14BNO2WY. The number of hydrogen-bond acceptors (Lipinski definition) is 2. The summed E-state index contributed by atoms with van der Waals surface area (Å²) in [5, 5.41) is 0. The second kappa shape index (κ2) is 8.96. The molecule has 0 spiro atoms. The first kappa shape index (κ1) is 21.2. The largest absolute Gasteiger partial charge is 2.00 e. The minimum absolute atomic E-state index is 0. The number of ether oxygens (including phenoxy) is 1. The molecule has 0 heterocycles. The molecule has 1 amide bonds. The quantitative estimate of drug-likeness (QED) is 0.368. The molecule has 0 aromatic rings. The Labute approximate surface area is 133 Å². The third kappa shape index (κ3) is 6.24. The topological polar surface area (TPSA) is 29.5 Å². The monoisotopic (exact) mass is 452 g/mol. The van der Waals surface area contributed by atoms with E-state index in [9.17, 15) is 4.79 Å². The van der Waals surface area contributed by atoms with Crippen LogP contribution in [-0.2, 0) is 58.5 Å². The zero-order chi connectivity index (χ0) is 10.6. The predicted molar refractivity (Wildman–Crippen MR) is 52.9 cm³/mol. The van der Waals surface area contributed by atoms with E-state index in [2.05, 4.69) is 20.6 Å². The second-order valence-corrected chi connectivity index (χ2v) is 2.90. The minimum Gasteiger partial charge on any atom is -0.519 e. The van der Waals surface area contributed by atoms with E-state index in [1.165, 1.54) is 0 Å². The molecule has 1 atom stereocenters. The number of rotatable bonds is 4. The molecule has 0 fully saturated rings. The third-order valence-corrected chi connectivity index (χ3v) is 1.78. The molecule has 0 aromatic heterocycles. The first-order valence-corrected chi connectivity index (χ1v) is 3.91. The Hall–Kier alpha value is 0.867. The number of carbonyl (C=O) groups excluding carboxylic acids is 1. The maximum Gasteiger partial charge on any atom is 2.00 e. The smallest absolute Gasteiger partial charge is 0.519 e. The first-order valence-electron chi connectivity index (χ1n) is 3.91. The summed E-state index contributed by atoms with van der Waals surface area (Å²) in [5.41, 5.74) is -0.929. The average molecular weight is 452 g/mol. The van der Waals surface area contributed by atoms with Crippen molar-refractivity contribution in [1.82, 2.24) is 4.90 Å². The maximum absolute atomic E-state index is 10.8. The zero-order valence-corrected chi connectivity index (χ0v) is 14.9. The van der Waals surface area contributed by atoms with Gasteiger partial charge >= 0.3 is 21.1 Å². The van der Waals surface area contributed by atoms with Crippen LogP contribution in [0.1, 0.15) is 13.8 Å². The summed E-state index contributed by atoms with van der Waals surface area (Å²) >= 11 is 0. The SMILES string of the molecule is [B]C(=O)N([CH2-])C([CH2-])(C)C(=C)OCC.[W+2].[Y]. The fraction of sp³-hybridized carbons (Fsp3) is 0.444. The normalized spacial score (nSPS) is 12.5. The summed E-state index contributed by atoms with van der Waals surface area (Å²) in [6, 6.07) is 0. The molecule has 0 bridgehead atoms. The molecule has 15 heavy (non-hydrogen) atoms. The van der Waals surface area contributed by atoms with Gasteiger partial charge in [0.15, 0.2) is 7.85 Å². The van der Waals surface area contributed by atoms with Crippen LogP contribution < -0.4 is 0 Å². The van der Waals surface area contributed by atoms with Crippen molar-refractivity contribution in [2.45, 2.75) is 19.4 Å². The number of carbonyl (C=O) groups is 1. The van der Waals surface area contributed by atoms with E-state index in [4.69, 9.17) is 12.6 Å². The van der Waals surface area contributed by atoms with Crippen LogP contribution in [0.25, 0.3) is 0 Å². The molecule has 3 nitrogen and oxygen atoms in total. The van der Waals surface area contributed by atoms with Gasteiger partial charge in [-0.15, -0.1) is 0 Å². The minimum atomic E-state index is -0.929. The first-order chi connectivity index (χ1) is 5.84. The summed E-state index contributed by atoms with van der Waals surface area (Å²) in [6.45, 7) is 11.3. The molecular weight excluding hydrogens is 438 g/mol. The number of nitrogens with zero attached hydrogens (tertiary/aromatic N) is 1. The Morgan fingerprint density at radius 3 is 2.33 bits per heavy atom. The van der Waals surface area contributed by atoms with Crippen LogP contribution in [0.5, 0.6) is 0 Å². The average Bonchev–Trinajstić information content (AvgIpc) is 2.03. The van der Waals surface area contributed by atoms with Crippen LogP contribution in [-0.4, -0.2) is 30.7 Å².